The molecule has 1 amide bonds. The molecule has 1 atom stereocenters. The van der Waals surface area contributed by atoms with Crippen molar-refractivity contribution in [3.63, 3.8) is 0 Å². The first-order valence-electron chi connectivity index (χ1n) is 6.42. The summed E-state index contributed by atoms with van der Waals surface area (Å²) in [6, 6.07) is 7.46. The number of amides is 1. The molecule has 1 heterocycles. The summed E-state index contributed by atoms with van der Waals surface area (Å²) in [7, 11) is 0. The Labute approximate surface area is 121 Å². The molecule has 0 spiro atoms. The summed E-state index contributed by atoms with van der Waals surface area (Å²) in [5.74, 6) is -0.641. The number of carbonyl (C=O) groups excluding carboxylic acids is 1. The Morgan fingerprint density at radius 2 is 2.05 bits per heavy atom. The zero-order chi connectivity index (χ0) is 15.2. The molecule has 1 aromatic heterocycles. The van der Waals surface area contributed by atoms with E-state index in [0.717, 1.165) is 0 Å². The van der Waals surface area contributed by atoms with Gasteiger partial charge in [0.25, 0.3) is 0 Å². The minimum Gasteiger partial charge on any atom is -0.479 e. The van der Waals surface area contributed by atoms with Crippen LogP contribution in [0.1, 0.15) is 29.7 Å². The highest BCUT2D eigenvalue weighted by molar-refractivity contribution is 5.84. The van der Waals surface area contributed by atoms with Crippen molar-refractivity contribution in [2.24, 2.45) is 0 Å². The second-order valence-corrected chi connectivity index (χ2v) is 4.48. The summed E-state index contributed by atoms with van der Waals surface area (Å²) in [5.41, 5.74) is 0.520. The van der Waals surface area contributed by atoms with Crippen LogP contribution in [0.3, 0.4) is 0 Å². The molecule has 1 aromatic carbocycles. The van der Waals surface area contributed by atoms with Crippen LogP contribution in [-0.2, 0) is 16.0 Å². The molecule has 21 heavy (non-hydrogen) atoms. The van der Waals surface area contributed by atoms with Crippen molar-refractivity contribution in [2.45, 2.75) is 25.8 Å². The van der Waals surface area contributed by atoms with E-state index in [1.807, 2.05) is 0 Å². The van der Waals surface area contributed by atoms with Crippen molar-refractivity contribution in [3.05, 3.63) is 47.6 Å². The summed E-state index contributed by atoms with van der Waals surface area (Å²) in [6.45, 7) is 1.68. The Bertz CT molecular complexity index is 624. The van der Waals surface area contributed by atoms with Gasteiger partial charge in [0.15, 0.2) is 11.9 Å². The number of aromatic nitrogens is 2. The van der Waals surface area contributed by atoms with E-state index in [0.29, 0.717) is 17.3 Å². The number of rotatable bonds is 6. The number of nitrogens with zero attached hydrogens (tertiary/aromatic N) is 2. The molecule has 7 heteroatoms. The first-order valence-corrected chi connectivity index (χ1v) is 6.42. The lowest BCUT2D eigenvalue weighted by molar-refractivity contribution is -0.142. The van der Waals surface area contributed by atoms with Crippen molar-refractivity contribution in [1.82, 2.24) is 15.5 Å². The topological polar surface area (TPSA) is 105 Å². The normalized spacial score (nSPS) is 11.9. The fourth-order valence-electron chi connectivity index (χ4n) is 1.83. The van der Waals surface area contributed by atoms with Gasteiger partial charge in [-0.1, -0.05) is 35.5 Å². The Morgan fingerprint density at radius 3 is 2.62 bits per heavy atom. The molecule has 0 aliphatic heterocycles. The number of aliphatic carboxylic acids is 1. The molecule has 7 nitrogen and oxygen atoms in total. The largest absolute Gasteiger partial charge is 0.479 e. The molecule has 0 aliphatic carbocycles. The fourth-order valence-corrected chi connectivity index (χ4v) is 1.83. The first kappa shape index (κ1) is 14.7. The number of nitrogens with one attached hydrogen (secondary N) is 1. The van der Waals surface area contributed by atoms with E-state index in [4.69, 9.17) is 4.52 Å². The molecule has 110 valence electrons. The highest BCUT2D eigenvalue weighted by Gasteiger charge is 2.21. The van der Waals surface area contributed by atoms with Gasteiger partial charge in [-0.25, -0.2) is 4.79 Å². The van der Waals surface area contributed by atoms with Gasteiger partial charge in [-0.15, -0.1) is 0 Å². The Kier molecular flexibility index (Phi) is 4.65. The predicted octanol–water partition coefficient (Wildman–Crippen LogP) is 1.25. The van der Waals surface area contributed by atoms with Gasteiger partial charge in [-0.2, -0.15) is 4.98 Å². The lowest BCUT2D eigenvalue weighted by Crippen LogP contribution is -2.33. The lowest BCUT2D eigenvalue weighted by atomic mass is 10.1. The predicted molar refractivity (Wildman–Crippen MR) is 72.3 cm³/mol. The number of carboxylic acids is 1. The Balaban J connectivity index is 1.94. The van der Waals surface area contributed by atoms with Crippen LogP contribution in [0.2, 0.25) is 0 Å². The number of benzene rings is 1. The van der Waals surface area contributed by atoms with Crippen molar-refractivity contribution in [3.8, 4) is 0 Å². The molecule has 0 saturated heterocycles. The van der Waals surface area contributed by atoms with Gasteiger partial charge >= 0.3 is 5.97 Å². The number of hydrogen-bond donors (Lipinski definition) is 2. The molecule has 0 unspecified atom stereocenters. The molecule has 0 fully saturated rings. The standard InChI is InChI=1S/C14H15N3O4/c1-9-15-12(21-17-9)8-7-11(18)16-13(14(19)20)10-5-3-2-4-6-10/h2-6,13H,7-8H2,1H3,(H,16,18)(H,19,20)/t13-/m1/s1. The minimum absolute atomic E-state index is 0.0816. The number of hydrogen-bond acceptors (Lipinski definition) is 5. The van der Waals surface area contributed by atoms with Crippen LogP contribution in [0.15, 0.2) is 34.9 Å². The monoisotopic (exact) mass is 289 g/mol. The van der Waals surface area contributed by atoms with Crippen LogP contribution in [0.4, 0.5) is 0 Å². The summed E-state index contributed by atoms with van der Waals surface area (Å²) < 4.78 is 4.89. The van der Waals surface area contributed by atoms with Gasteiger partial charge in [0, 0.05) is 12.8 Å². The highest BCUT2D eigenvalue weighted by Crippen LogP contribution is 2.13. The van der Waals surface area contributed by atoms with Gasteiger partial charge in [-0.3, -0.25) is 4.79 Å². The van der Waals surface area contributed by atoms with Crippen molar-refractivity contribution < 1.29 is 19.2 Å². The van der Waals surface area contributed by atoms with Crippen LogP contribution in [0.25, 0.3) is 0 Å². The number of carbonyl (C=O) groups is 2. The van der Waals surface area contributed by atoms with Crippen LogP contribution >= 0.6 is 0 Å². The van der Waals surface area contributed by atoms with E-state index in [2.05, 4.69) is 15.5 Å². The van der Waals surface area contributed by atoms with Crippen LogP contribution in [-0.4, -0.2) is 27.1 Å². The molecular weight excluding hydrogens is 274 g/mol. The third-order valence-electron chi connectivity index (χ3n) is 2.82. The SMILES string of the molecule is Cc1noc(CCC(=O)N[C@@H](C(=O)O)c2ccccc2)n1. The molecule has 0 saturated carbocycles. The summed E-state index contributed by atoms with van der Waals surface area (Å²) in [5, 5.41) is 15.3. The van der Waals surface area contributed by atoms with Gasteiger partial charge in [0.1, 0.15) is 0 Å². The maximum Gasteiger partial charge on any atom is 0.330 e. The minimum atomic E-state index is -1.11. The Hall–Kier alpha value is -2.70. The third-order valence-corrected chi connectivity index (χ3v) is 2.82. The smallest absolute Gasteiger partial charge is 0.330 e. The second-order valence-electron chi connectivity index (χ2n) is 4.48. The molecule has 0 bridgehead atoms. The van der Waals surface area contributed by atoms with Crippen molar-refractivity contribution >= 4 is 11.9 Å². The average Bonchev–Trinajstić information content (AvgIpc) is 2.89. The zero-order valence-corrected chi connectivity index (χ0v) is 11.4. The maximum absolute atomic E-state index is 11.8. The first-order chi connectivity index (χ1) is 10.1. The van der Waals surface area contributed by atoms with E-state index in [-0.39, 0.29) is 18.7 Å². The zero-order valence-electron chi connectivity index (χ0n) is 11.4. The summed E-state index contributed by atoms with van der Waals surface area (Å²) in [6.07, 6.45) is 0.353. The van der Waals surface area contributed by atoms with Crippen molar-refractivity contribution in [1.29, 1.82) is 0 Å². The van der Waals surface area contributed by atoms with Crippen LogP contribution < -0.4 is 5.32 Å². The number of carboxylic acid groups (broad SMARTS) is 1. The van der Waals surface area contributed by atoms with Gasteiger partial charge in [0.2, 0.25) is 11.8 Å². The second kappa shape index (κ2) is 6.65. The van der Waals surface area contributed by atoms with Gasteiger partial charge in [0.05, 0.1) is 0 Å². The molecule has 0 aliphatic rings. The Morgan fingerprint density at radius 1 is 1.33 bits per heavy atom. The third kappa shape index (κ3) is 4.13. The van der Waals surface area contributed by atoms with E-state index < -0.39 is 12.0 Å². The summed E-state index contributed by atoms with van der Waals surface area (Å²) in [4.78, 5) is 27.1. The van der Waals surface area contributed by atoms with Crippen LogP contribution in [0.5, 0.6) is 0 Å². The van der Waals surface area contributed by atoms with E-state index in [1.165, 1.54) is 0 Å². The van der Waals surface area contributed by atoms with E-state index in [9.17, 15) is 14.7 Å². The van der Waals surface area contributed by atoms with E-state index in [1.54, 1.807) is 37.3 Å². The quantitative estimate of drug-likeness (QED) is 0.829. The molecule has 2 aromatic rings. The van der Waals surface area contributed by atoms with Gasteiger partial charge < -0.3 is 14.9 Å². The number of aryl methyl sites for hydroxylation is 2. The average molecular weight is 289 g/mol. The molecule has 0 radical (unpaired) electrons. The summed E-state index contributed by atoms with van der Waals surface area (Å²) >= 11 is 0. The van der Waals surface area contributed by atoms with Gasteiger partial charge in [-0.05, 0) is 12.5 Å². The maximum atomic E-state index is 11.8. The fraction of sp³-hybridized carbons (Fsp3) is 0.286. The van der Waals surface area contributed by atoms with E-state index >= 15 is 0 Å². The molecule has 2 rings (SSSR count). The van der Waals surface area contributed by atoms with Crippen molar-refractivity contribution in [2.75, 3.05) is 0 Å². The molecular formula is C14H15N3O4. The molecule has 2 N–H and O–H groups in total. The van der Waals surface area contributed by atoms with Crippen LogP contribution in [0, 0.1) is 6.92 Å². The highest BCUT2D eigenvalue weighted by atomic mass is 16.5. The lowest BCUT2D eigenvalue weighted by Gasteiger charge is -2.14.